The molecular formula is C18H21ClN2. The molecule has 110 valence electrons. The van der Waals surface area contributed by atoms with Crippen molar-refractivity contribution in [2.24, 2.45) is 0 Å². The Bertz CT molecular complexity index is 655. The number of hydrogen-bond donors (Lipinski definition) is 0. The molecule has 2 bridgehead atoms. The van der Waals surface area contributed by atoms with Gasteiger partial charge in [-0.3, -0.25) is 9.88 Å². The van der Waals surface area contributed by atoms with Crippen molar-refractivity contribution in [2.75, 3.05) is 0 Å². The average Bonchev–Trinajstić information content (AvgIpc) is 2.69. The van der Waals surface area contributed by atoms with Crippen LogP contribution in [0.5, 0.6) is 0 Å². The van der Waals surface area contributed by atoms with Crippen molar-refractivity contribution < 1.29 is 0 Å². The van der Waals surface area contributed by atoms with Crippen LogP contribution in [0.3, 0.4) is 0 Å². The average molecular weight is 301 g/mol. The van der Waals surface area contributed by atoms with Gasteiger partial charge in [-0.25, -0.2) is 0 Å². The molecule has 2 aliphatic heterocycles. The number of halogens is 1. The molecule has 2 saturated heterocycles. The number of rotatable bonds is 2. The van der Waals surface area contributed by atoms with E-state index >= 15 is 0 Å². The molecule has 0 amide bonds. The number of aryl methyl sites for hydroxylation is 1. The Kier molecular flexibility index (Phi) is 3.39. The van der Waals surface area contributed by atoms with Crippen LogP contribution in [-0.4, -0.2) is 27.3 Å². The van der Waals surface area contributed by atoms with Gasteiger partial charge in [0.1, 0.15) is 0 Å². The van der Waals surface area contributed by atoms with Gasteiger partial charge in [0.05, 0.1) is 5.52 Å². The Hall–Kier alpha value is -1.12. The molecule has 0 N–H and O–H groups in total. The zero-order valence-corrected chi connectivity index (χ0v) is 13.2. The highest BCUT2D eigenvalue weighted by Crippen LogP contribution is 2.39. The summed E-state index contributed by atoms with van der Waals surface area (Å²) in [7, 11) is 0. The summed E-state index contributed by atoms with van der Waals surface area (Å²) in [6.45, 7) is 3.14. The minimum absolute atomic E-state index is 0.384. The van der Waals surface area contributed by atoms with Crippen molar-refractivity contribution in [3.05, 3.63) is 41.6 Å². The molecule has 2 aromatic rings. The maximum atomic E-state index is 6.40. The Labute approximate surface area is 131 Å². The van der Waals surface area contributed by atoms with E-state index in [0.29, 0.717) is 17.5 Å². The molecular weight excluding hydrogens is 280 g/mol. The van der Waals surface area contributed by atoms with Crippen molar-refractivity contribution in [3.63, 3.8) is 0 Å². The molecule has 2 unspecified atom stereocenters. The molecule has 1 aromatic carbocycles. The van der Waals surface area contributed by atoms with Crippen LogP contribution >= 0.6 is 11.6 Å². The minimum Gasteiger partial charge on any atom is -0.293 e. The SMILES string of the molecule is Cc1cc(CN2C3CCC2CC(Cl)C3)c2ccccc2n1. The number of pyridine rings is 1. The fourth-order valence-corrected chi connectivity index (χ4v) is 4.60. The van der Waals surface area contributed by atoms with Crippen LogP contribution in [-0.2, 0) is 6.54 Å². The van der Waals surface area contributed by atoms with E-state index in [1.165, 1.54) is 23.8 Å². The van der Waals surface area contributed by atoms with Gasteiger partial charge in [-0.15, -0.1) is 11.6 Å². The largest absolute Gasteiger partial charge is 0.293 e. The van der Waals surface area contributed by atoms with Crippen LogP contribution in [0.15, 0.2) is 30.3 Å². The quantitative estimate of drug-likeness (QED) is 0.770. The number of piperidine rings is 1. The standard InChI is InChI=1S/C18H21ClN2/c1-12-8-13(17-4-2-3-5-18(17)20-12)11-21-15-6-7-16(21)10-14(19)9-15/h2-5,8,14-16H,6-7,9-11H2,1H3. The van der Waals surface area contributed by atoms with Gasteiger partial charge < -0.3 is 0 Å². The first-order chi connectivity index (χ1) is 10.2. The first-order valence-electron chi connectivity index (χ1n) is 7.96. The fourth-order valence-electron chi connectivity index (χ4n) is 4.19. The number of hydrogen-bond acceptors (Lipinski definition) is 2. The van der Waals surface area contributed by atoms with E-state index in [1.54, 1.807) is 0 Å². The molecule has 0 saturated carbocycles. The summed E-state index contributed by atoms with van der Waals surface area (Å²) in [4.78, 5) is 7.35. The van der Waals surface area contributed by atoms with Gasteiger partial charge in [-0.1, -0.05) is 18.2 Å². The molecule has 2 fully saturated rings. The molecule has 0 radical (unpaired) electrons. The monoisotopic (exact) mass is 300 g/mol. The highest BCUT2D eigenvalue weighted by atomic mass is 35.5. The van der Waals surface area contributed by atoms with E-state index < -0.39 is 0 Å². The third-order valence-electron chi connectivity index (χ3n) is 5.11. The number of aromatic nitrogens is 1. The van der Waals surface area contributed by atoms with Crippen LogP contribution in [0.2, 0.25) is 0 Å². The van der Waals surface area contributed by atoms with Gasteiger partial charge in [0.15, 0.2) is 0 Å². The summed E-state index contributed by atoms with van der Waals surface area (Å²) in [5.41, 5.74) is 3.65. The van der Waals surface area contributed by atoms with E-state index in [4.69, 9.17) is 11.6 Å². The van der Waals surface area contributed by atoms with Crippen LogP contribution in [0.4, 0.5) is 0 Å². The van der Waals surface area contributed by atoms with Crippen LogP contribution < -0.4 is 0 Å². The van der Waals surface area contributed by atoms with Crippen molar-refractivity contribution in [1.29, 1.82) is 0 Å². The van der Waals surface area contributed by atoms with E-state index in [2.05, 4.69) is 47.1 Å². The van der Waals surface area contributed by atoms with Gasteiger partial charge in [-0.05, 0) is 50.3 Å². The lowest BCUT2D eigenvalue weighted by Gasteiger charge is -2.37. The first-order valence-corrected chi connectivity index (χ1v) is 8.39. The van der Waals surface area contributed by atoms with Crippen molar-refractivity contribution in [2.45, 2.75) is 56.6 Å². The minimum atomic E-state index is 0.384. The number of fused-ring (bicyclic) bond motifs is 3. The van der Waals surface area contributed by atoms with E-state index in [9.17, 15) is 0 Å². The molecule has 2 aliphatic rings. The zero-order chi connectivity index (χ0) is 14.4. The smallest absolute Gasteiger partial charge is 0.0708 e. The molecule has 3 heterocycles. The van der Waals surface area contributed by atoms with Crippen molar-refractivity contribution in [1.82, 2.24) is 9.88 Å². The second-order valence-corrected chi connectivity index (χ2v) is 7.18. The summed E-state index contributed by atoms with van der Waals surface area (Å²) in [6, 6.07) is 12.1. The van der Waals surface area contributed by atoms with Crippen LogP contribution in [0, 0.1) is 6.92 Å². The summed E-state index contributed by atoms with van der Waals surface area (Å²) in [5.74, 6) is 0. The third-order valence-corrected chi connectivity index (χ3v) is 5.47. The molecule has 4 rings (SSSR count). The molecule has 0 spiro atoms. The number of nitrogens with zero attached hydrogens (tertiary/aromatic N) is 2. The summed E-state index contributed by atoms with van der Waals surface area (Å²) >= 11 is 6.40. The van der Waals surface area contributed by atoms with Gasteiger partial charge in [0.2, 0.25) is 0 Å². The molecule has 3 heteroatoms. The van der Waals surface area contributed by atoms with E-state index in [1.807, 2.05) is 0 Å². The van der Waals surface area contributed by atoms with Gasteiger partial charge in [0.25, 0.3) is 0 Å². The van der Waals surface area contributed by atoms with E-state index in [0.717, 1.165) is 30.6 Å². The summed E-state index contributed by atoms with van der Waals surface area (Å²) < 4.78 is 0. The highest BCUT2D eigenvalue weighted by Gasteiger charge is 2.39. The van der Waals surface area contributed by atoms with Gasteiger partial charge in [-0.2, -0.15) is 0 Å². The van der Waals surface area contributed by atoms with Crippen LogP contribution in [0.25, 0.3) is 10.9 Å². The molecule has 0 aliphatic carbocycles. The second kappa shape index (κ2) is 5.26. The molecule has 2 atom stereocenters. The Morgan fingerprint density at radius 1 is 1.19 bits per heavy atom. The Morgan fingerprint density at radius 3 is 2.67 bits per heavy atom. The predicted molar refractivity (Wildman–Crippen MR) is 87.7 cm³/mol. The maximum absolute atomic E-state index is 6.40. The van der Waals surface area contributed by atoms with E-state index in [-0.39, 0.29) is 0 Å². The predicted octanol–water partition coefficient (Wildman–Crippen LogP) is 4.28. The Balaban J connectivity index is 1.69. The van der Waals surface area contributed by atoms with Gasteiger partial charge in [0, 0.05) is 35.1 Å². The molecule has 1 aromatic heterocycles. The Morgan fingerprint density at radius 2 is 1.90 bits per heavy atom. The lowest BCUT2D eigenvalue weighted by atomic mass is 10.00. The molecule has 2 nitrogen and oxygen atoms in total. The second-order valence-electron chi connectivity index (χ2n) is 6.57. The number of para-hydroxylation sites is 1. The maximum Gasteiger partial charge on any atom is 0.0708 e. The highest BCUT2D eigenvalue weighted by molar-refractivity contribution is 6.20. The summed E-state index contributed by atoms with van der Waals surface area (Å²) in [6.07, 6.45) is 4.94. The zero-order valence-electron chi connectivity index (χ0n) is 12.4. The van der Waals surface area contributed by atoms with Crippen molar-refractivity contribution >= 4 is 22.5 Å². The third kappa shape index (κ3) is 2.45. The lowest BCUT2D eigenvalue weighted by molar-refractivity contribution is 0.135. The summed E-state index contributed by atoms with van der Waals surface area (Å²) in [5, 5.41) is 1.69. The normalized spacial score (nSPS) is 29.1. The lowest BCUT2D eigenvalue weighted by Crippen LogP contribution is -2.42. The van der Waals surface area contributed by atoms with Crippen LogP contribution in [0.1, 0.15) is 36.9 Å². The molecule has 21 heavy (non-hydrogen) atoms. The first kappa shape index (κ1) is 13.5. The van der Waals surface area contributed by atoms with Crippen molar-refractivity contribution in [3.8, 4) is 0 Å². The van der Waals surface area contributed by atoms with Gasteiger partial charge >= 0.3 is 0 Å². The fraction of sp³-hybridized carbons (Fsp3) is 0.500. The number of benzene rings is 1. The topological polar surface area (TPSA) is 16.1 Å². The number of alkyl halides is 1.